The maximum atomic E-state index is 12.7. The summed E-state index contributed by atoms with van der Waals surface area (Å²) >= 11 is 1.91. The van der Waals surface area contributed by atoms with Crippen molar-refractivity contribution < 1.29 is 4.79 Å². The zero-order valence-corrected chi connectivity index (χ0v) is 15.3. The maximum Gasteiger partial charge on any atom is 0.318 e. The van der Waals surface area contributed by atoms with Crippen LogP contribution in [0, 0.1) is 13.8 Å². The molecule has 6 heteroatoms. The third-order valence-electron chi connectivity index (χ3n) is 4.62. The fraction of sp³-hybridized carbons (Fsp3) is 0.444. The minimum absolute atomic E-state index is 0.00382. The highest BCUT2D eigenvalue weighted by molar-refractivity contribution is 7.99. The van der Waals surface area contributed by atoms with Gasteiger partial charge in [0.2, 0.25) is 0 Å². The first-order valence-electron chi connectivity index (χ1n) is 8.22. The molecule has 1 aromatic heterocycles. The Labute approximate surface area is 147 Å². The van der Waals surface area contributed by atoms with E-state index >= 15 is 0 Å². The van der Waals surface area contributed by atoms with Crippen LogP contribution in [0.5, 0.6) is 0 Å². The van der Waals surface area contributed by atoms with Crippen LogP contribution in [0.25, 0.3) is 0 Å². The van der Waals surface area contributed by atoms with Crippen LogP contribution in [0.4, 0.5) is 4.79 Å². The van der Waals surface area contributed by atoms with Crippen LogP contribution < -0.4 is 5.32 Å². The number of benzene rings is 1. The van der Waals surface area contributed by atoms with Gasteiger partial charge in [-0.2, -0.15) is 16.9 Å². The van der Waals surface area contributed by atoms with Crippen molar-refractivity contribution >= 4 is 17.8 Å². The first-order valence-corrected chi connectivity index (χ1v) is 9.38. The topological polar surface area (TPSA) is 50.2 Å². The van der Waals surface area contributed by atoms with Gasteiger partial charge in [-0.15, -0.1) is 0 Å². The van der Waals surface area contributed by atoms with Gasteiger partial charge < -0.3 is 10.2 Å². The first-order chi connectivity index (χ1) is 11.6. The number of urea groups is 1. The van der Waals surface area contributed by atoms with Gasteiger partial charge >= 0.3 is 6.03 Å². The molecule has 1 N–H and O–H groups in total. The second-order valence-corrected chi connectivity index (χ2v) is 7.38. The number of hydrogen-bond donors (Lipinski definition) is 1. The quantitative estimate of drug-likeness (QED) is 0.931. The minimum Gasteiger partial charge on any atom is -0.334 e. The van der Waals surface area contributed by atoms with Gasteiger partial charge in [-0.05, 0) is 19.4 Å². The van der Waals surface area contributed by atoms with Crippen LogP contribution in [-0.2, 0) is 13.6 Å². The summed E-state index contributed by atoms with van der Waals surface area (Å²) in [5, 5.41) is 7.28. The van der Waals surface area contributed by atoms with Crippen molar-refractivity contribution in [3.63, 3.8) is 0 Å². The van der Waals surface area contributed by atoms with Crippen molar-refractivity contribution in [2.75, 3.05) is 18.1 Å². The van der Waals surface area contributed by atoms with E-state index in [0.29, 0.717) is 6.54 Å². The zero-order valence-electron chi connectivity index (χ0n) is 14.5. The number of hydrogen-bond acceptors (Lipinski definition) is 3. The first kappa shape index (κ1) is 16.9. The van der Waals surface area contributed by atoms with Crippen LogP contribution >= 0.6 is 11.8 Å². The van der Waals surface area contributed by atoms with Crippen LogP contribution in [0.1, 0.15) is 28.4 Å². The number of thioether (sulfide) groups is 1. The molecule has 2 heterocycles. The molecule has 24 heavy (non-hydrogen) atoms. The molecule has 1 saturated heterocycles. The molecule has 0 unspecified atom stereocenters. The number of aryl methyl sites for hydroxylation is 2. The number of aromatic nitrogens is 2. The van der Waals surface area contributed by atoms with Gasteiger partial charge in [0.15, 0.2) is 0 Å². The lowest BCUT2D eigenvalue weighted by molar-refractivity contribution is 0.182. The van der Waals surface area contributed by atoms with Gasteiger partial charge in [0.25, 0.3) is 0 Å². The maximum absolute atomic E-state index is 12.7. The van der Waals surface area contributed by atoms with E-state index in [0.717, 1.165) is 29.3 Å². The molecule has 0 bridgehead atoms. The Bertz CT molecular complexity index is 710. The van der Waals surface area contributed by atoms with Gasteiger partial charge in [-0.25, -0.2) is 4.79 Å². The highest BCUT2D eigenvalue weighted by Gasteiger charge is 2.28. The third-order valence-corrected chi connectivity index (χ3v) is 5.64. The summed E-state index contributed by atoms with van der Waals surface area (Å²) in [6.45, 7) is 5.39. The molecule has 5 nitrogen and oxygen atoms in total. The Kier molecular flexibility index (Phi) is 5.14. The van der Waals surface area contributed by atoms with Crippen molar-refractivity contribution in [2.24, 2.45) is 7.05 Å². The van der Waals surface area contributed by atoms with Crippen LogP contribution in [0.15, 0.2) is 30.5 Å². The molecule has 2 aromatic rings. The normalized spacial score (nSPS) is 17.8. The molecule has 0 aliphatic carbocycles. The van der Waals surface area contributed by atoms with Gasteiger partial charge in [0.05, 0.1) is 12.2 Å². The molecule has 0 radical (unpaired) electrons. The number of carbonyl (C=O) groups excluding carboxylic acids is 1. The number of rotatable bonds is 3. The summed E-state index contributed by atoms with van der Waals surface area (Å²) in [7, 11) is 1.91. The van der Waals surface area contributed by atoms with Gasteiger partial charge in [0, 0.05) is 42.9 Å². The van der Waals surface area contributed by atoms with Crippen molar-refractivity contribution in [2.45, 2.75) is 26.4 Å². The van der Waals surface area contributed by atoms with Gasteiger partial charge in [0.1, 0.15) is 0 Å². The predicted octanol–water partition coefficient (Wildman–Crippen LogP) is 3.04. The molecular formula is C18H24N4OS. The summed E-state index contributed by atoms with van der Waals surface area (Å²) < 4.78 is 1.83. The summed E-state index contributed by atoms with van der Waals surface area (Å²) in [4.78, 5) is 14.7. The molecule has 0 spiro atoms. The summed E-state index contributed by atoms with van der Waals surface area (Å²) in [5.41, 5.74) is 4.59. The molecule has 1 fully saturated rings. The van der Waals surface area contributed by atoms with Crippen LogP contribution in [0.3, 0.4) is 0 Å². The lowest BCUT2D eigenvalue weighted by Crippen LogP contribution is -2.46. The Hall–Kier alpha value is -1.95. The SMILES string of the molecule is Cc1ccc([C@@H]2CSCCN2C(=O)NCc2cnn(C)c2C)cc1. The average Bonchev–Trinajstić information content (AvgIpc) is 2.92. The zero-order chi connectivity index (χ0) is 17.1. The van der Waals surface area contributed by atoms with E-state index in [-0.39, 0.29) is 12.1 Å². The van der Waals surface area contributed by atoms with Crippen LogP contribution in [-0.4, -0.2) is 38.8 Å². The summed E-state index contributed by atoms with van der Waals surface area (Å²) in [6.07, 6.45) is 1.82. The highest BCUT2D eigenvalue weighted by atomic mass is 32.2. The molecule has 1 aliphatic heterocycles. The van der Waals surface area contributed by atoms with E-state index in [1.54, 1.807) is 0 Å². The Balaban J connectivity index is 1.69. The van der Waals surface area contributed by atoms with Crippen molar-refractivity contribution in [3.05, 3.63) is 52.8 Å². The third kappa shape index (κ3) is 3.59. The van der Waals surface area contributed by atoms with E-state index < -0.39 is 0 Å². The van der Waals surface area contributed by atoms with E-state index in [4.69, 9.17) is 0 Å². The molecular weight excluding hydrogens is 320 g/mol. The Morgan fingerprint density at radius 3 is 2.75 bits per heavy atom. The van der Waals surface area contributed by atoms with E-state index in [2.05, 4.69) is 41.6 Å². The summed E-state index contributed by atoms with van der Waals surface area (Å²) in [6, 6.07) is 8.64. The number of amides is 2. The van der Waals surface area contributed by atoms with Gasteiger partial charge in [-0.3, -0.25) is 4.68 Å². The number of carbonyl (C=O) groups is 1. The lowest BCUT2D eigenvalue weighted by atomic mass is 10.1. The second kappa shape index (κ2) is 7.30. The lowest BCUT2D eigenvalue weighted by Gasteiger charge is -2.35. The smallest absolute Gasteiger partial charge is 0.318 e. The largest absolute Gasteiger partial charge is 0.334 e. The van der Waals surface area contributed by atoms with Gasteiger partial charge in [-0.1, -0.05) is 29.8 Å². The molecule has 1 aliphatic rings. The Morgan fingerprint density at radius 2 is 2.08 bits per heavy atom. The van der Waals surface area contributed by atoms with E-state index in [9.17, 15) is 4.79 Å². The molecule has 1 atom stereocenters. The summed E-state index contributed by atoms with van der Waals surface area (Å²) in [5.74, 6) is 1.93. The second-order valence-electron chi connectivity index (χ2n) is 6.23. The minimum atomic E-state index is 0.00382. The average molecular weight is 344 g/mol. The molecule has 128 valence electrons. The highest BCUT2D eigenvalue weighted by Crippen LogP contribution is 2.29. The number of nitrogens with one attached hydrogen (secondary N) is 1. The van der Waals surface area contributed by atoms with E-state index in [1.165, 1.54) is 11.1 Å². The number of nitrogens with zero attached hydrogens (tertiary/aromatic N) is 3. The molecule has 1 aromatic carbocycles. The Morgan fingerprint density at radius 1 is 1.33 bits per heavy atom. The molecule has 3 rings (SSSR count). The molecule has 0 saturated carbocycles. The fourth-order valence-electron chi connectivity index (χ4n) is 2.90. The fourth-order valence-corrected chi connectivity index (χ4v) is 3.99. The van der Waals surface area contributed by atoms with Crippen molar-refractivity contribution in [3.8, 4) is 0 Å². The predicted molar refractivity (Wildman–Crippen MR) is 98.1 cm³/mol. The monoisotopic (exact) mass is 344 g/mol. The standard InChI is InChI=1S/C18H24N4OS/c1-13-4-6-15(7-5-13)17-12-24-9-8-22(17)18(23)19-10-16-11-20-21(3)14(16)2/h4-7,11,17H,8-10,12H2,1-3H3,(H,19,23)/t17-/m0/s1. The van der Waals surface area contributed by atoms with E-state index in [1.807, 2.05) is 41.5 Å². The van der Waals surface area contributed by atoms with Crippen molar-refractivity contribution in [1.29, 1.82) is 0 Å². The van der Waals surface area contributed by atoms with Crippen molar-refractivity contribution in [1.82, 2.24) is 20.0 Å². The van der Waals surface area contributed by atoms with Crippen LogP contribution in [0.2, 0.25) is 0 Å². The molecule has 2 amide bonds.